The van der Waals surface area contributed by atoms with Gasteiger partial charge in [0.05, 0.1) is 18.3 Å². The minimum Gasteiger partial charge on any atom is -0.481 e. The van der Waals surface area contributed by atoms with Gasteiger partial charge in [0.2, 0.25) is 0 Å². The second-order valence-electron chi connectivity index (χ2n) is 3.93. The summed E-state index contributed by atoms with van der Waals surface area (Å²) in [5.74, 6) is -0.942. The predicted molar refractivity (Wildman–Crippen MR) is 54.8 cm³/mol. The van der Waals surface area contributed by atoms with Crippen LogP contribution in [0.5, 0.6) is 0 Å². The zero-order valence-corrected chi connectivity index (χ0v) is 8.84. The van der Waals surface area contributed by atoms with E-state index in [4.69, 9.17) is 15.6 Å². The summed E-state index contributed by atoms with van der Waals surface area (Å²) in [7, 11) is 0. The number of imidazole rings is 1. The third kappa shape index (κ3) is 1.63. The van der Waals surface area contributed by atoms with Crippen molar-refractivity contribution in [2.24, 2.45) is 0 Å². The Labute approximate surface area is 96.9 Å². The van der Waals surface area contributed by atoms with Crippen molar-refractivity contribution in [1.29, 1.82) is 10.5 Å². The molecule has 0 radical (unpaired) electrons. The van der Waals surface area contributed by atoms with Gasteiger partial charge in [0.1, 0.15) is 12.1 Å². The van der Waals surface area contributed by atoms with Crippen LogP contribution in [0.4, 0.5) is 0 Å². The highest BCUT2D eigenvalue weighted by Gasteiger charge is 2.42. The first kappa shape index (κ1) is 11.1. The van der Waals surface area contributed by atoms with E-state index in [0.29, 0.717) is 13.1 Å². The first-order valence-corrected chi connectivity index (χ1v) is 4.93. The van der Waals surface area contributed by atoms with Crippen LogP contribution in [-0.4, -0.2) is 33.7 Å². The number of nitrogens with one attached hydrogen (secondary N) is 1. The van der Waals surface area contributed by atoms with Crippen molar-refractivity contribution >= 4 is 5.97 Å². The number of hydrogen-bond acceptors (Lipinski definition) is 5. The first-order chi connectivity index (χ1) is 8.13. The minimum atomic E-state index is -0.942. The highest BCUT2D eigenvalue weighted by Crippen LogP contribution is 2.28. The zero-order chi connectivity index (χ0) is 12.5. The Kier molecular flexibility index (Phi) is 2.54. The Morgan fingerprint density at radius 3 is 2.71 bits per heavy atom. The molecule has 1 aromatic rings. The van der Waals surface area contributed by atoms with Gasteiger partial charge in [0.15, 0.2) is 11.4 Å². The summed E-state index contributed by atoms with van der Waals surface area (Å²) in [6.45, 7) is 0.907. The Balaban J connectivity index is 2.46. The van der Waals surface area contributed by atoms with Crippen molar-refractivity contribution in [3.05, 3.63) is 17.7 Å². The fourth-order valence-corrected chi connectivity index (χ4v) is 1.97. The van der Waals surface area contributed by atoms with Gasteiger partial charge in [-0.05, 0) is 0 Å². The molecular formula is C10H9N5O2. The van der Waals surface area contributed by atoms with Crippen molar-refractivity contribution in [3.8, 4) is 12.1 Å². The van der Waals surface area contributed by atoms with Gasteiger partial charge in [-0.1, -0.05) is 0 Å². The fourth-order valence-electron chi connectivity index (χ4n) is 1.97. The minimum absolute atomic E-state index is 0.0316. The Morgan fingerprint density at radius 1 is 1.59 bits per heavy atom. The lowest BCUT2D eigenvalue weighted by Crippen LogP contribution is -2.61. The average Bonchev–Trinajstić information content (AvgIpc) is 2.65. The van der Waals surface area contributed by atoms with Crippen molar-refractivity contribution in [1.82, 2.24) is 14.9 Å². The molecule has 0 aliphatic carbocycles. The van der Waals surface area contributed by atoms with E-state index in [1.165, 1.54) is 10.9 Å². The van der Waals surface area contributed by atoms with Crippen LogP contribution in [0.15, 0.2) is 6.33 Å². The second kappa shape index (κ2) is 3.89. The van der Waals surface area contributed by atoms with E-state index in [2.05, 4.69) is 10.3 Å². The summed E-state index contributed by atoms with van der Waals surface area (Å²) in [5.41, 5.74) is -0.529. The molecule has 86 valence electrons. The lowest BCUT2D eigenvalue weighted by molar-refractivity contribution is -0.140. The molecule has 1 saturated heterocycles. The third-order valence-corrected chi connectivity index (χ3v) is 2.88. The maximum absolute atomic E-state index is 10.8. The molecule has 0 unspecified atom stereocenters. The molecule has 0 saturated carbocycles. The largest absolute Gasteiger partial charge is 0.481 e. The van der Waals surface area contributed by atoms with Crippen LogP contribution < -0.4 is 5.32 Å². The quantitative estimate of drug-likeness (QED) is 0.717. The average molecular weight is 231 g/mol. The molecule has 2 N–H and O–H groups in total. The van der Waals surface area contributed by atoms with E-state index in [-0.39, 0.29) is 17.8 Å². The van der Waals surface area contributed by atoms with E-state index >= 15 is 0 Å². The fraction of sp³-hybridized carbons (Fsp3) is 0.400. The summed E-state index contributed by atoms with van der Waals surface area (Å²) in [6, 6.07) is 3.72. The molecule has 0 atom stereocenters. The molecule has 2 heterocycles. The van der Waals surface area contributed by atoms with Crippen molar-refractivity contribution in [2.45, 2.75) is 12.0 Å². The maximum Gasteiger partial charge on any atom is 0.305 e. The number of carboxylic acids is 1. The van der Waals surface area contributed by atoms with Gasteiger partial charge in [0, 0.05) is 13.1 Å². The monoisotopic (exact) mass is 231 g/mol. The summed E-state index contributed by atoms with van der Waals surface area (Å²) < 4.78 is 1.50. The van der Waals surface area contributed by atoms with Crippen molar-refractivity contribution in [3.63, 3.8) is 0 Å². The summed E-state index contributed by atoms with van der Waals surface area (Å²) in [6.07, 6.45) is 1.26. The molecule has 0 amide bonds. The molecule has 1 fully saturated rings. The van der Waals surface area contributed by atoms with Crippen LogP contribution in [0.25, 0.3) is 0 Å². The molecule has 0 aromatic carbocycles. The van der Waals surface area contributed by atoms with E-state index in [9.17, 15) is 4.79 Å². The van der Waals surface area contributed by atoms with Gasteiger partial charge in [-0.3, -0.25) is 4.79 Å². The molecule has 7 heteroatoms. The predicted octanol–water partition coefficient (Wildman–Crippen LogP) is -0.600. The SMILES string of the molecule is N#Cc1ncn(C2(CC(=O)O)CNC2)c1C#N. The normalized spacial score (nSPS) is 16.6. The van der Waals surface area contributed by atoms with Crippen molar-refractivity contribution < 1.29 is 9.90 Å². The smallest absolute Gasteiger partial charge is 0.305 e. The highest BCUT2D eigenvalue weighted by molar-refractivity contribution is 5.68. The molecule has 0 spiro atoms. The van der Waals surface area contributed by atoms with Crippen LogP contribution in [0, 0.1) is 22.7 Å². The van der Waals surface area contributed by atoms with E-state index in [0.717, 1.165) is 0 Å². The standard InChI is InChI=1S/C10H9N5O2/c11-2-7-8(3-12)15(6-14-7)10(1-9(16)17)4-13-5-10/h6,13H,1,4-5H2,(H,16,17). The summed E-state index contributed by atoms with van der Waals surface area (Å²) >= 11 is 0. The third-order valence-electron chi connectivity index (χ3n) is 2.88. The highest BCUT2D eigenvalue weighted by atomic mass is 16.4. The molecular weight excluding hydrogens is 222 g/mol. The van der Waals surface area contributed by atoms with Gasteiger partial charge in [-0.2, -0.15) is 10.5 Å². The second-order valence-corrected chi connectivity index (χ2v) is 3.93. The van der Waals surface area contributed by atoms with Crippen LogP contribution in [-0.2, 0) is 10.3 Å². The van der Waals surface area contributed by atoms with E-state index < -0.39 is 11.5 Å². The van der Waals surface area contributed by atoms with Gasteiger partial charge in [-0.15, -0.1) is 0 Å². The van der Waals surface area contributed by atoms with Crippen LogP contribution in [0.1, 0.15) is 17.8 Å². The first-order valence-electron chi connectivity index (χ1n) is 4.93. The van der Waals surface area contributed by atoms with Gasteiger partial charge in [-0.25, -0.2) is 4.98 Å². The lowest BCUT2D eigenvalue weighted by Gasteiger charge is -2.42. The summed E-state index contributed by atoms with van der Waals surface area (Å²) in [5, 5.41) is 29.7. The summed E-state index contributed by atoms with van der Waals surface area (Å²) in [4.78, 5) is 14.7. The number of rotatable bonds is 3. The number of carbonyl (C=O) groups is 1. The number of nitrogens with zero attached hydrogens (tertiary/aromatic N) is 4. The number of nitriles is 2. The molecule has 1 aliphatic heterocycles. The number of hydrogen-bond donors (Lipinski definition) is 2. The Morgan fingerprint density at radius 2 is 2.29 bits per heavy atom. The van der Waals surface area contributed by atoms with E-state index in [1.54, 1.807) is 0 Å². The van der Waals surface area contributed by atoms with Crippen LogP contribution in [0.3, 0.4) is 0 Å². The Hall–Kier alpha value is -2.38. The lowest BCUT2D eigenvalue weighted by atomic mass is 9.88. The van der Waals surface area contributed by atoms with Gasteiger partial charge in [0.25, 0.3) is 0 Å². The molecule has 7 nitrogen and oxygen atoms in total. The van der Waals surface area contributed by atoms with Gasteiger partial charge >= 0.3 is 5.97 Å². The number of aliphatic carboxylic acids is 1. The zero-order valence-electron chi connectivity index (χ0n) is 8.84. The molecule has 0 bridgehead atoms. The Bertz CT molecular complexity index is 544. The maximum atomic E-state index is 10.8. The van der Waals surface area contributed by atoms with Crippen molar-refractivity contribution in [2.75, 3.05) is 13.1 Å². The molecule has 1 aromatic heterocycles. The van der Waals surface area contributed by atoms with E-state index in [1.807, 2.05) is 12.1 Å². The van der Waals surface area contributed by atoms with Crippen LogP contribution in [0.2, 0.25) is 0 Å². The number of aromatic nitrogens is 2. The molecule has 17 heavy (non-hydrogen) atoms. The van der Waals surface area contributed by atoms with Crippen LogP contribution >= 0.6 is 0 Å². The van der Waals surface area contributed by atoms with Gasteiger partial charge < -0.3 is 15.0 Å². The number of carboxylic acid groups (broad SMARTS) is 1. The molecule has 2 rings (SSSR count). The molecule has 1 aliphatic rings. The topological polar surface area (TPSA) is 115 Å².